The van der Waals surface area contributed by atoms with Crippen LogP contribution in [0.15, 0.2) is 11.6 Å². The van der Waals surface area contributed by atoms with Gasteiger partial charge in [0.15, 0.2) is 0 Å². The molecule has 3 unspecified atom stereocenters. The van der Waals surface area contributed by atoms with Crippen LogP contribution in [0.25, 0.3) is 0 Å². The van der Waals surface area contributed by atoms with E-state index in [9.17, 15) is 4.79 Å². The first-order valence-corrected chi connectivity index (χ1v) is 15.3. The summed E-state index contributed by atoms with van der Waals surface area (Å²) in [5.41, 5.74) is 2.60. The van der Waals surface area contributed by atoms with E-state index in [1.54, 1.807) is 5.57 Å². The molecule has 4 aliphatic carbocycles. The summed E-state index contributed by atoms with van der Waals surface area (Å²) in [7, 11) is 1.86. The van der Waals surface area contributed by atoms with Gasteiger partial charge >= 0.3 is 5.97 Å². The molecular formula is C32H55NO3. The molecule has 1 N–H and O–H groups in total. The molecule has 0 bridgehead atoms. The maximum atomic E-state index is 10.9. The average molecular weight is 502 g/mol. The van der Waals surface area contributed by atoms with Crippen LogP contribution in [0.3, 0.4) is 0 Å². The molecule has 0 heterocycles. The molecule has 3 fully saturated rings. The van der Waals surface area contributed by atoms with Gasteiger partial charge in [-0.05, 0) is 105 Å². The maximum Gasteiger partial charge on any atom is 0.317 e. The van der Waals surface area contributed by atoms with E-state index in [2.05, 4.69) is 40.7 Å². The Morgan fingerprint density at radius 2 is 1.89 bits per heavy atom. The Bertz CT molecular complexity index is 792. The Morgan fingerprint density at radius 1 is 1.11 bits per heavy atom. The number of carboxylic acid groups (broad SMARTS) is 1. The second-order valence-corrected chi connectivity index (χ2v) is 14.2. The molecule has 4 nitrogen and oxygen atoms in total. The van der Waals surface area contributed by atoms with Crippen molar-refractivity contribution in [3.05, 3.63) is 11.6 Å². The Labute approximate surface area is 221 Å². The molecule has 36 heavy (non-hydrogen) atoms. The average Bonchev–Trinajstić information content (AvgIpc) is 3.15. The molecule has 206 valence electrons. The van der Waals surface area contributed by atoms with Gasteiger partial charge in [-0.1, -0.05) is 65.5 Å². The lowest BCUT2D eigenvalue weighted by Gasteiger charge is -2.58. The van der Waals surface area contributed by atoms with Crippen molar-refractivity contribution in [2.75, 3.05) is 26.7 Å². The topological polar surface area (TPSA) is 49.8 Å². The van der Waals surface area contributed by atoms with Crippen LogP contribution in [0.1, 0.15) is 105 Å². The summed E-state index contributed by atoms with van der Waals surface area (Å²) in [6.45, 7) is 14.0. The SMILES string of the molecule is CC(C)CCC[C@@H](C)[C@H]1CCC2C3CC=C4C[C@@H](OCCN(C)CC(=O)O)CC[C@]4(C)C3CC[C@@]21C. The molecule has 0 spiro atoms. The Kier molecular flexibility index (Phi) is 8.97. The number of rotatable bonds is 11. The van der Waals surface area contributed by atoms with E-state index in [-0.39, 0.29) is 6.54 Å². The summed E-state index contributed by atoms with van der Waals surface area (Å²) in [6, 6.07) is 0. The van der Waals surface area contributed by atoms with E-state index in [4.69, 9.17) is 9.84 Å². The quantitative estimate of drug-likeness (QED) is 0.299. The van der Waals surface area contributed by atoms with Gasteiger partial charge in [0.25, 0.3) is 0 Å². The monoisotopic (exact) mass is 501 g/mol. The molecule has 0 amide bonds. The first-order valence-electron chi connectivity index (χ1n) is 15.3. The number of carbonyl (C=O) groups is 1. The van der Waals surface area contributed by atoms with Gasteiger partial charge in [-0.2, -0.15) is 0 Å². The second-order valence-electron chi connectivity index (χ2n) is 14.2. The number of allylic oxidation sites excluding steroid dienone is 1. The summed E-state index contributed by atoms with van der Waals surface area (Å²) in [6.07, 6.45) is 17.7. The predicted molar refractivity (Wildman–Crippen MR) is 148 cm³/mol. The largest absolute Gasteiger partial charge is 0.480 e. The van der Waals surface area contributed by atoms with Gasteiger partial charge in [0.2, 0.25) is 0 Å². The third-order valence-electron chi connectivity index (χ3n) is 11.5. The molecule has 0 aromatic carbocycles. The lowest BCUT2D eigenvalue weighted by atomic mass is 9.47. The highest BCUT2D eigenvalue weighted by Gasteiger charge is 2.59. The predicted octanol–water partition coefficient (Wildman–Crippen LogP) is 7.43. The van der Waals surface area contributed by atoms with Crippen molar-refractivity contribution in [3.63, 3.8) is 0 Å². The Balaban J connectivity index is 1.36. The van der Waals surface area contributed by atoms with E-state index in [0.29, 0.717) is 30.1 Å². The molecule has 0 aliphatic heterocycles. The lowest BCUT2D eigenvalue weighted by Crippen LogP contribution is -2.51. The molecule has 0 radical (unpaired) electrons. The Hall–Kier alpha value is -0.870. The number of nitrogens with zero attached hydrogens (tertiary/aromatic N) is 1. The number of fused-ring (bicyclic) bond motifs is 5. The standard InChI is InChI=1S/C32H55NO3/c1-22(2)8-7-9-23(3)27-12-13-28-26-11-10-24-20-25(36-19-18-33(6)21-30(34)35)14-16-31(24,4)29(26)15-17-32(27,28)5/h10,22-23,25-29H,7-9,11-21H2,1-6H3,(H,34,35)/t23-,25+,26?,27-,28?,29?,31+,32-/m1/s1. The van der Waals surface area contributed by atoms with Gasteiger partial charge in [-0.15, -0.1) is 0 Å². The maximum absolute atomic E-state index is 10.9. The molecule has 0 saturated heterocycles. The van der Waals surface area contributed by atoms with Crippen molar-refractivity contribution in [2.45, 2.75) is 111 Å². The first kappa shape index (κ1) is 28.1. The van der Waals surface area contributed by atoms with Gasteiger partial charge in [0.1, 0.15) is 0 Å². The summed E-state index contributed by atoms with van der Waals surface area (Å²) in [5.74, 6) is 4.52. The van der Waals surface area contributed by atoms with Crippen molar-refractivity contribution in [3.8, 4) is 0 Å². The van der Waals surface area contributed by atoms with Crippen LogP contribution in [0, 0.1) is 46.3 Å². The van der Waals surface area contributed by atoms with E-state index >= 15 is 0 Å². The highest BCUT2D eigenvalue weighted by molar-refractivity contribution is 5.68. The van der Waals surface area contributed by atoms with Crippen molar-refractivity contribution in [2.24, 2.45) is 46.3 Å². The van der Waals surface area contributed by atoms with Crippen molar-refractivity contribution in [1.29, 1.82) is 0 Å². The molecule has 8 atom stereocenters. The van der Waals surface area contributed by atoms with Gasteiger partial charge in [0, 0.05) is 6.54 Å². The third kappa shape index (κ3) is 5.75. The van der Waals surface area contributed by atoms with Crippen molar-refractivity contribution < 1.29 is 14.6 Å². The molecule has 0 aromatic rings. The minimum atomic E-state index is -0.773. The van der Waals surface area contributed by atoms with Crippen LogP contribution in [0.4, 0.5) is 0 Å². The molecule has 3 saturated carbocycles. The molecule has 4 aliphatic rings. The number of hydrogen-bond donors (Lipinski definition) is 1. The van der Waals surface area contributed by atoms with Gasteiger partial charge in [-0.25, -0.2) is 0 Å². The van der Waals surface area contributed by atoms with Gasteiger partial charge < -0.3 is 9.84 Å². The molecular weight excluding hydrogens is 446 g/mol. The van der Waals surface area contributed by atoms with Crippen LogP contribution >= 0.6 is 0 Å². The summed E-state index contributed by atoms with van der Waals surface area (Å²) >= 11 is 0. The van der Waals surface area contributed by atoms with Crippen LogP contribution < -0.4 is 0 Å². The minimum absolute atomic E-state index is 0.0813. The third-order valence-corrected chi connectivity index (χ3v) is 11.5. The number of ether oxygens (including phenoxy) is 1. The van der Waals surface area contributed by atoms with Crippen molar-refractivity contribution >= 4 is 5.97 Å². The fourth-order valence-electron chi connectivity index (χ4n) is 9.48. The normalized spacial score (nSPS) is 38.9. The molecule has 4 rings (SSSR count). The highest BCUT2D eigenvalue weighted by Crippen LogP contribution is 2.67. The fraction of sp³-hybridized carbons (Fsp3) is 0.906. The number of likely N-dealkylation sites (N-methyl/N-ethyl adjacent to an activating group) is 1. The zero-order valence-corrected chi connectivity index (χ0v) is 24.2. The van der Waals surface area contributed by atoms with E-state index in [0.717, 1.165) is 48.3 Å². The van der Waals surface area contributed by atoms with Gasteiger partial charge in [-0.3, -0.25) is 9.69 Å². The zero-order chi connectivity index (χ0) is 26.1. The first-order chi connectivity index (χ1) is 17.0. The van der Waals surface area contributed by atoms with Gasteiger partial charge in [0.05, 0.1) is 19.3 Å². The van der Waals surface area contributed by atoms with Crippen molar-refractivity contribution in [1.82, 2.24) is 4.90 Å². The smallest absolute Gasteiger partial charge is 0.317 e. The highest BCUT2D eigenvalue weighted by atomic mass is 16.5. The number of carboxylic acids is 1. The second kappa shape index (κ2) is 11.5. The van der Waals surface area contributed by atoms with Crippen LogP contribution in [-0.2, 0) is 9.53 Å². The minimum Gasteiger partial charge on any atom is -0.480 e. The number of hydrogen-bond acceptors (Lipinski definition) is 3. The summed E-state index contributed by atoms with van der Waals surface area (Å²) in [4.78, 5) is 12.7. The van der Waals surface area contributed by atoms with E-state index < -0.39 is 5.97 Å². The molecule has 0 aromatic heterocycles. The fourth-order valence-corrected chi connectivity index (χ4v) is 9.48. The Morgan fingerprint density at radius 3 is 2.61 bits per heavy atom. The molecule has 4 heteroatoms. The van der Waals surface area contributed by atoms with Crippen LogP contribution in [0.2, 0.25) is 0 Å². The lowest BCUT2D eigenvalue weighted by molar-refractivity contribution is -0.138. The van der Waals surface area contributed by atoms with Crippen LogP contribution in [-0.4, -0.2) is 48.8 Å². The van der Waals surface area contributed by atoms with E-state index in [1.165, 1.54) is 57.8 Å². The van der Waals surface area contributed by atoms with E-state index in [1.807, 2.05) is 11.9 Å². The summed E-state index contributed by atoms with van der Waals surface area (Å²) in [5, 5.41) is 8.96. The van der Waals surface area contributed by atoms with Crippen LogP contribution in [0.5, 0.6) is 0 Å². The summed E-state index contributed by atoms with van der Waals surface area (Å²) < 4.78 is 6.26. The zero-order valence-electron chi connectivity index (χ0n) is 24.2. The number of aliphatic carboxylic acids is 1.